The number of methoxy groups -OCH3 is 1. The molecule has 0 heterocycles. The van der Waals surface area contributed by atoms with Crippen LogP contribution in [0.4, 0.5) is 0 Å². The van der Waals surface area contributed by atoms with Gasteiger partial charge in [0.05, 0.1) is 11.2 Å². The summed E-state index contributed by atoms with van der Waals surface area (Å²) >= 11 is 0. The van der Waals surface area contributed by atoms with Gasteiger partial charge in [0.1, 0.15) is 0 Å². The lowest BCUT2D eigenvalue weighted by molar-refractivity contribution is -0.158. The Morgan fingerprint density at radius 2 is 2.75 bits per heavy atom. The van der Waals surface area contributed by atoms with Gasteiger partial charge in [0.15, 0.2) is 5.60 Å². The summed E-state index contributed by atoms with van der Waals surface area (Å²) in [7, 11) is -3.35. The molecule has 0 saturated heterocycles. The van der Waals surface area contributed by atoms with E-state index in [1.165, 1.54) is 0 Å². The van der Waals surface area contributed by atoms with Gasteiger partial charge in [-0.2, -0.15) is 0 Å². The Morgan fingerprint density at radius 3 is 3.12 bits per heavy atom. The van der Waals surface area contributed by atoms with Crippen LogP contribution in [0.2, 0.25) is 0 Å². The zero-order chi connectivity index (χ0) is 15.0. The van der Waals surface area contributed by atoms with Crippen LogP contribution >= 0.6 is 0 Å². The third-order valence-corrected chi connectivity index (χ3v) is 0.380. The normalized spacial score (nSPS) is 34.0. The molecule has 0 rings (SSSR count). The van der Waals surface area contributed by atoms with Crippen molar-refractivity contribution in [2.45, 2.75) is 19.3 Å². The van der Waals surface area contributed by atoms with Gasteiger partial charge in [0, 0.05) is 8.22 Å². The molecule has 0 spiro atoms. The first-order chi connectivity index (χ1) is 7.69. The van der Waals surface area contributed by atoms with Crippen molar-refractivity contribution in [2.24, 2.45) is 0 Å². The summed E-state index contributed by atoms with van der Waals surface area (Å²) in [5, 5.41) is 3.57. The SMILES string of the molecule is [2H]OC(C(=O)OC([2H])([2H])[2H])(C([2H])([2H])[2H])C([2H])([2H])[2H]. The van der Waals surface area contributed by atoms with Crippen LogP contribution < -0.4 is 0 Å². The molecule has 0 radical (unpaired) electrons. The third-order valence-electron chi connectivity index (χ3n) is 0.380. The summed E-state index contributed by atoms with van der Waals surface area (Å²) in [5.41, 5.74) is -3.67. The minimum absolute atomic E-state index is 2.17. The van der Waals surface area contributed by atoms with Crippen LogP contribution in [0.5, 0.6) is 0 Å². The van der Waals surface area contributed by atoms with E-state index in [1.54, 1.807) is 0 Å². The lowest BCUT2D eigenvalue weighted by Crippen LogP contribution is -2.31. The lowest BCUT2D eigenvalue weighted by atomic mass is 10.1. The maximum absolute atomic E-state index is 11.5. The summed E-state index contributed by atoms with van der Waals surface area (Å²) in [5.74, 6) is -2.17. The van der Waals surface area contributed by atoms with Gasteiger partial charge in [-0.05, 0) is 13.7 Å². The van der Waals surface area contributed by atoms with E-state index in [1.807, 2.05) is 0 Å². The Labute approximate surface area is 62.4 Å². The van der Waals surface area contributed by atoms with E-state index in [2.05, 4.69) is 9.85 Å². The molecule has 48 valence electrons. The summed E-state index contributed by atoms with van der Waals surface area (Å²) in [6, 6.07) is 0. The Hall–Kier alpha value is -0.570. The van der Waals surface area contributed by atoms with Crippen molar-refractivity contribution < 1.29 is 27.0 Å². The van der Waals surface area contributed by atoms with Gasteiger partial charge in [-0.3, -0.25) is 0 Å². The van der Waals surface area contributed by atoms with Crippen molar-refractivity contribution in [3.05, 3.63) is 0 Å². The molecule has 0 atom stereocenters. The Kier molecular flexibility index (Phi) is 0.303. The van der Waals surface area contributed by atoms with E-state index in [-0.39, 0.29) is 0 Å². The van der Waals surface area contributed by atoms with Crippen LogP contribution in [-0.2, 0) is 9.53 Å². The van der Waals surface area contributed by atoms with Crippen molar-refractivity contribution >= 4 is 5.97 Å². The molecule has 3 heteroatoms. The summed E-state index contributed by atoms with van der Waals surface area (Å²) in [6.45, 7) is -7.22. The van der Waals surface area contributed by atoms with Gasteiger partial charge < -0.3 is 9.85 Å². The monoisotopic (exact) mass is 128 g/mol. The molecule has 8 heavy (non-hydrogen) atoms. The molecule has 0 unspecified atom stereocenters. The van der Waals surface area contributed by atoms with Gasteiger partial charge in [0.25, 0.3) is 0 Å². The zero-order valence-electron chi connectivity index (χ0n) is 13.7. The first-order valence-corrected chi connectivity index (χ1v) is 1.57. The molecule has 0 saturated carbocycles. The van der Waals surface area contributed by atoms with Crippen LogP contribution in [0.1, 0.15) is 26.0 Å². The largest absolute Gasteiger partial charge is 0.467 e. The van der Waals surface area contributed by atoms with Gasteiger partial charge in [-0.25, -0.2) is 4.79 Å². The fraction of sp³-hybridized carbons (Fsp3) is 0.800. The Bertz CT molecular complexity index is 297. The molecule has 0 aliphatic rings. The molecular weight excluding hydrogens is 108 g/mol. The van der Waals surface area contributed by atoms with Gasteiger partial charge >= 0.3 is 5.97 Å². The Balaban J connectivity index is 5.71. The van der Waals surface area contributed by atoms with Crippen LogP contribution in [0.15, 0.2) is 0 Å². The predicted molar refractivity (Wildman–Crippen MR) is 28.3 cm³/mol. The van der Waals surface area contributed by atoms with Crippen molar-refractivity contribution in [3.63, 3.8) is 0 Å². The highest BCUT2D eigenvalue weighted by atomic mass is 16.5. The molecule has 1 N–H and O–H groups in total. The minimum atomic E-state index is -3.67. The fourth-order valence-electron chi connectivity index (χ4n) is 0.0719. The minimum Gasteiger partial charge on any atom is -0.467 e. The molecule has 0 bridgehead atoms. The number of aliphatic hydroxyl groups is 1. The molecule has 0 aromatic carbocycles. The standard InChI is InChI=1S/C5H10O3/c1-5(2,7)4(6)8-3/h7H,1-3H3/i1D3,2D3,3D3,7D. The number of hydrogen-bond acceptors (Lipinski definition) is 3. The number of carbonyl (C=O) groups is 1. The molecule has 0 fully saturated rings. The van der Waals surface area contributed by atoms with Crippen LogP contribution in [0, 0.1) is 0 Å². The van der Waals surface area contributed by atoms with E-state index in [4.69, 9.17) is 13.8 Å². The third kappa shape index (κ3) is 1.93. The number of hydrogen-bond donors (Lipinski definition) is 1. The summed E-state index contributed by atoms with van der Waals surface area (Å²) in [4.78, 5) is 11.5. The zero-order valence-corrected chi connectivity index (χ0v) is 3.72. The molecular formula is C5H10O3. The van der Waals surface area contributed by atoms with Crippen LogP contribution in [0.25, 0.3) is 0 Å². The van der Waals surface area contributed by atoms with Gasteiger partial charge in [0.2, 0.25) is 1.43 Å². The van der Waals surface area contributed by atoms with Crippen molar-refractivity contribution in [1.29, 1.82) is 1.43 Å². The summed E-state index contributed by atoms with van der Waals surface area (Å²) < 4.78 is 72.0. The smallest absolute Gasteiger partial charge is 0.337 e. The van der Waals surface area contributed by atoms with E-state index in [0.29, 0.717) is 0 Å². The van der Waals surface area contributed by atoms with E-state index in [0.717, 1.165) is 0 Å². The van der Waals surface area contributed by atoms with Crippen molar-refractivity contribution in [2.75, 3.05) is 7.04 Å². The number of esters is 1. The number of rotatable bonds is 2. The average molecular weight is 128 g/mol. The second-order valence-electron chi connectivity index (χ2n) is 1.07. The van der Waals surface area contributed by atoms with Crippen molar-refractivity contribution in [3.8, 4) is 0 Å². The highest BCUT2D eigenvalue weighted by Crippen LogP contribution is 2.01. The molecule has 3 nitrogen and oxygen atoms in total. The van der Waals surface area contributed by atoms with Gasteiger partial charge in [-0.15, -0.1) is 0 Å². The number of carbonyl (C=O) groups excluding carboxylic acids is 1. The summed E-state index contributed by atoms with van der Waals surface area (Å²) in [6.07, 6.45) is 0. The molecule has 0 amide bonds. The number of ether oxygens (including phenoxy) is 1. The first-order valence-electron chi connectivity index (χ1n) is 6.47. The molecule has 0 aliphatic carbocycles. The lowest BCUT2D eigenvalue weighted by Gasteiger charge is -2.12. The first kappa shape index (κ1) is 1.14. The highest BCUT2D eigenvalue weighted by molar-refractivity contribution is 5.77. The molecule has 0 aromatic heterocycles. The average Bonchev–Trinajstić information content (AvgIpc) is 1.95. The fourth-order valence-corrected chi connectivity index (χ4v) is 0.0719. The quantitative estimate of drug-likeness (QED) is 0.529. The van der Waals surface area contributed by atoms with E-state index >= 15 is 0 Å². The molecule has 0 aromatic rings. The van der Waals surface area contributed by atoms with Crippen LogP contribution in [0.3, 0.4) is 0 Å². The second kappa shape index (κ2) is 2.13. The van der Waals surface area contributed by atoms with Crippen LogP contribution in [-0.4, -0.2) is 25.1 Å². The predicted octanol–water partition coefficient (Wildman–Crippen LogP) is -0.0697. The molecule has 0 aliphatic heterocycles. The van der Waals surface area contributed by atoms with Crippen molar-refractivity contribution in [1.82, 2.24) is 0 Å². The van der Waals surface area contributed by atoms with E-state index < -0.39 is 32.3 Å². The topological polar surface area (TPSA) is 46.5 Å². The van der Waals surface area contributed by atoms with E-state index in [9.17, 15) is 4.79 Å². The second-order valence-corrected chi connectivity index (χ2v) is 1.07. The van der Waals surface area contributed by atoms with Gasteiger partial charge in [-0.1, -0.05) is 0 Å². The maximum atomic E-state index is 11.5. The Morgan fingerprint density at radius 1 is 2.00 bits per heavy atom. The maximum Gasteiger partial charge on any atom is 0.337 e. The highest BCUT2D eigenvalue weighted by Gasteiger charge is 2.23.